The van der Waals surface area contributed by atoms with Gasteiger partial charge in [0.2, 0.25) is 0 Å². The molecule has 0 saturated carbocycles. The number of nitrogens with zero attached hydrogens (tertiary/aromatic N) is 2. The molecule has 0 aliphatic carbocycles. The Kier molecular flexibility index (Phi) is 3.53. The van der Waals surface area contributed by atoms with E-state index in [4.69, 9.17) is 9.84 Å². The molecule has 1 saturated heterocycles. The van der Waals surface area contributed by atoms with Crippen molar-refractivity contribution in [2.24, 2.45) is 0 Å². The lowest BCUT2D eigenvalue weighted by Crippen LogP contribution is -2.24. The van der Waals surface area contributed by atoms with Crippen molar-refractivity contribution in [3.63, 3.8) is 0 Å². The van der Waals surface area contributed by atoms with Crippen LogP contribution in [0.1, 0.15) is 18.7 Å². The number of aliphatic carboxylic acids is 1. The molecule has 6 heteroatoms. The largest absolute Gasteiger partial charge is 0.479 e. The first-order valence-corrected chi connectivity index (χ1v) is 5.57. The highest BCUT2D eigenvalue weighted by Crippen LogP contribution is 2.20. The molecule has 0 spiro atoms. The highest BCUT2D eigenvalue weighted by Gasteiger charge is 2.30. The summed E-state index contributed by atoms with van der Waals surface area (Å²) in [6, 6.07) is 1.77. The fraction of sp³-hybridized carbons (Fsp3) is 0.545. The Morgan fingerprint density at radius 2 is 2.47 bits per heavy atom. The molecule has 0 aromatic carbocycles. The molecule has 1 aromatic rings. The third-order valence-electron chi connectivity index (χ3n) is 2.67. The van der Waals surface area contributed by atoms with Gasteiger partial charge in [-0.1, -0.05) is 0 Å². The van der Waals surface area contributed by atoms with Crippen molar-refractivity contribution >= 4 is 11.8 Å². The highest BCUT2D eigenvalue weighted by atomic mass is 16.5. The Hall–Kier alpha value is -1.69. The fourth-order valence-corrected chi connectivity index (χ4v) is 1.81. The van der Waals surface area contributed by atoms with Crippen molar-refractivity contribution in [3.8, 4) is 0 Å². The van der Waals surface area contributed by atoms with Crippen LogP contribution in [0.4, 0.5) is 5.82 Å². The third-order valence-corrected chi connectivity index (χ3v) is 2.67. The molecule has 0 bridgehead atoms. The minimum atomic E-state index is -0.884. The Morgan fingerprint density at radius 3 is 3.12 bits per heavy atom. The number of carbonyl (C=O) groups is 1. The molecule has 1 aliphatic heterocycles. The molecule has 92 valence electrons. The Morgan fingerprint density at radius 1 is 1.65 bits per heavy atom. The van der Waals surface area contributed by atoms with E-state index in [0.717, 1.165) is 12.2 Å². The van der Waals surface area contributed by atoms with Crippen LogP contribution in [-0.2, 0) is 9.53 Å². The molecule has 1 aliphatic rings. The SMILES string of the molecule is Cc1nccc(NCC2CCC(C(=O)O)O2)n1. The first-order valence-electron chi connectivity index (χ1n) is 5.57. The summed E-state index contributed by atoms with van der Waals surface area (Å²) in [4.78, 5) is 18.9. The van der Waals surface area contributed by atoms with Crippen molar-refractivity contribution in [2.75, 3.05) is 11.9 Å². The van der Waals surface area contributed by atoms with Gasteiger partial charge in [0.15, 0.2) is 6.10 Å². The van der Waals surface area contributed by atoms with Crippen LogP contribution in [0.3, 0.4) is 0 Å². The number of ether oxygens (including phenoxy) is 1. The van der Waals surface area contributed by atoms with Crippen molar-refractivity contribution in [3.05, 3.63) is 18.1 Å². The van der Waals surface area contributed by atoms with Gasteiger partial charge in [-0.15, -0.1) is 0 Å². The first-order chi connectivity index (χ1) is 8.15. The summed E-state index contributed by atoms with van der Waals surface area (Å²) < 4.78 is 5.37. The van der Waals surface area contributed by atoms with E-state index < -0.39 is 12.1 Å². The summed E-state index contributed by atoms with van der Waals surface area (Å²) in [6.07, 6.45) is 2.29. The van der Waals surface area contributed by atoms with Gasteiger partial charge >= 0.3 is 5.97 Å². The van der Waals surface area contributed by atoms with Gasteiger partial charge < -0.3 is 15.2 Å². The van der Waals surface area contributed by atoms with Crippen molar-refractivity contribution in [1.82, 2.24) is 9.97 Å². The Balaban J connectivity index is 1.82. The van der Waals surface area contributed by atoms with Crippen molar-refractivity contribution < 1.29 is 14.6 Å². The quantitative estimate of drug-likeness (QED) is 0.806. The standard InChI is InChI=1S/C11H15N3O3/c1-7-12-5-4-10(14-7)13-6-8-2-3-9(17-8)11(15)16/h4-5,8-9H,2-3,6H2,1H3,(H,15,16)(H,12,13,14). The number of aromatic nitrogens is 2. The molecule has 1 fully saturated rings. The summed E-state index contributed by atoms with van der Waals surface area (Å²) in [5.41, 5.74) is 0. The molecular formula is C11H15N3O3. The maximum absolute atomic E-state index is 10.7. The number of hydrogen-bond donors (Lipinski definition) is 2. The van der Waals surface area contributed by atoms with Crippen LogP contribution < -0.4 is 5.32 Å². The van der Waals surface area contributed by atoms with E-state index >= 15 is 0 Å². The Labute approximate surface area is 99.0 Å². The second kappa shape index (κ2) is 5.09. The van der Waals surface area contributed by atoms with Gasteiger partial charge in [0.25, 0.3) is 0 Å². The van der Waals surface area contributed by atoms with Crippen molar-refractivity contribution in [1.29, 1.82) is 0 Å². The van der Waals surface area contributed by atoms with E-state index in [2.05, 4.69) is 15.3 Å². The molecule has 2 atom stereocenters. The Bertz CT molecular complexity index is 411. The smallest absolute Gasteiger partial charge is 0.332 e. The van der Waals surface area contributed by atoms with Gasteiger partial charge in [-0.05, 0) is 25.8 Å². The van der Waals surface area contributed by atoms with E-state index in [1.807, 2.05) is 6.92 Å². The van der Waals surface area contributed by atoms with E-state index in [1.165, 1.54) is 0 Å². The second-order valence-electron chi connectivity index (χ2n) is 4.03. The van der Waals surface area contributed by atoms with Crippen LogP contribution in [0, 0.1) is 6.92 Å². The molecule has 17 heavy (non-hydrogen) atoms. The van der Waals surface area contributed by atoms with Gasteiger partial charge in [-0.25, -0.2) is 14.8 Å². The lowest BCUT2D eigenvalue weighted by atomic mass is 10.2. The number of anilines is 1. The molecule has 2 rings (SSSR count). The predicted molar refractivity (Wildman–Crippen MR) is 60.8 cm³/mol. The highest BCUT2D eigenvalue weighted by molar-refractivity contribution is 5.72. The second-order valence-corrected chi connectivity index (χ2v) is 4.03. The summed E-state index contributed by atoms with van der Waals surface area (Å²) >= 11 is 0. The number of carboxylic acids is 1. The molecular weight excluding hydrogens is 222 g/mol. The van der Waals surface area contributed by atoms with Gasteiger partial charge in [-0.2, -0.15) is 0 Å². The molecule has 0 radical (unpaired) electrons. The van der Waals surface area contributed by atoms with Crippen LogP contribution in [0.25, 0.3) is 0 Å². The minimum Gasteiger partial charge on any atom is -0.479 e. The first kappa shape index (κ1) is 11.8. The van der Waals surface area contributed by atoms with Crippen LogP contribution >= 0.6 is 0 Å². The molecule has 1 aromatic heterocycles. The zero-order chi connectivity index (χ0) is 12.3. The molecule has 0 amide bonds. The van der Waals surface area contributed by atoms with Gasteiger partial charge in [0, 0.05) is 12.7 Å². The van der Waals surface area contributed by atoms with Gasteiger partial charge in [0.05, 0.1) is 6.10 Å². The van der Waals surface area contributed by atoms with Crippen molar-refractivity contribution in [2.45, 2.75) is 32.0 Å². The molecule has 2 unspecified atom stereocenters. The van der Waals surface area contributed by atoms with E-state index in [1.54, 1.807) is 12.3 Å². The lowest BCUT2D eigenvalue weighted by Gasteiger charge is -2.12. The summed E-state index contributed by atoms with van der Waals surface area (Å²) in [5.74, 6) is 0.552. The van der Waals surface area contributed by atoms with Crippen LogP contribution in [0.2, 0.25) is 0 Å². The van der Waals surface area contributed by atoms with Gasteiger partial charge in [-0.3, -0.25) is 0 Å². The maximum Gasteiger partial charge on any atom is 0.332 e. The number of rotatable bonds is 4. The normalized spacial score (nSPS) is 23.6. The lowest BCUT2D eigenvalue weighted by molar-refractivity contribution is -0.149. The molecule has 2 heterocycles. The molecule has 2 N–H and O–H groups in total. The topological polar surface area (TPSA) is 84.3 Å². The summed E-state index contributed by atoms with van der Waals surface area (Å²) in [6.45, 7) is 2.39. The van der Waals surface area contributed by atoms with Crippen LogP contribution in [0.15, 0.2) is 12.3 Å². The maximum atomic E-state index is 10.7. The number of aryl methyl sites for hydroxylation is 1. The number of hydrogen-bond acceptors (Lipinski definition) is 5. The predicted octanol–water partition coefficient (Wildman–Crippen LogP) is 0.829. The average Bonchev–Trinajstić information content (AvgIpc) is 2.75. The summed E-state index contributed by atoms with van der Waals surface area (Å²) in [7, 11) is 0. The third kappa shape index (κ3) is 3.13. The zero-order valence-electron chi connectivity index (χ0n) is 9.59. The van der Waals surface area contributed by atoms with E-state index in [0.29, 0.717) is 18.8 Å². The monoisotopic (exact) mass is 237 g/mol. The van der Waals surface area contributed by atoms with Crippen LogP contribution in [0.5, 0.6) is 0 Å². The number of carboxylic acid groups (broad SMARTS) is 1. The zero-order valence-corrected chi connectivity index (χ0v) is 9.59. The minimum absolute atomic E-state index is 0.0635. The fourth-order valence-electron chi connectivity index (χ4n) is 1.81. The summed E-state index contributed by atoms with van der Waals surface area (Å²) in [5, 5.41) is 11.9. The molecule has 6 nitrogen and oxygen atoms in total. The number of nitrogens with one attached hydrogen (secondary N) is 1. The van der Waals surface area contributed by atoms with E-state index in [-0.39, 0.29) is 6.10 Å². The average molecular weight is 237 g/mol. The van der Waals surface area contributed by atoms with Crippen LogP contribution in [-0.4, -0.2) is 39.8 Å². The van der Waals surface area contributed by atoms with E-state index in [9.17, 15) is 4.79 Å². The van der Waals surface area contributed by atoms with Gasteiger partial charge in [0.1, 0.15) is 11.6 Å².